The highest BCUT2D eigenvalue weighted by molar-refractivity contribution is 7.92. The molecule has 0 radical (unpaired) electrons. The maximum absolute atomic E-state index is 11.9. The molecule has 0 bridgehead atoms. The zero-order valence-electron chi connectivity index (χ0n) is 10.6. The lowest BCUT2D eigenvalue weighted by Crippen LogP contribution is -2.30. The van der Waals surface area contributed by atoms with Gasteiger partial charge in [0.15, 0.2) is 9.84 Å². The van der Waals surface area contributed by atoms with Gasteiger partial charge in [-0.15, -0.1) is 0 Å². The zero-order chi connectivity index (χ0) is 13.6. The fourth-order valence-electron chi connectivity index (χ4n) is 1.86. The maximum Gasteiger partial charge on any atom is 0.180 e. The molecule has 18 heavy (non-hydrogen) atoms. The number of aliphatic hydroxyl groups excluding tert-OH is 1. The molecule has 3 N–H and O–H groups in total. The van der Waals surface area contributed by atoms with E-state index in [2.05, 4.69) is 0 Å². The monoisotopic (exact) mass is 269 g/mol. The first-order valence-electron chi connectivity index (χ1n) is 6.08. The number of rotatable bonds is 4. The van der Waals surface area contributed by atoms with Gasteiger partial charge in [-0.25, -0.2) is 8.42 Å². The molecule has 5 heteroatoms. The Balaban J connectivity index is 2.26. The lowest BCUT2D eigenvalue weighted by molar-refractivity contribution is 0.136. The van der Waals surface area contributed by atoms with Crippen LogP contribution >= 0.6 is 0 Å². The highest BCUT2D eigenvalue weighted by atomic mass is 32.2. The number of nitrogens with two attached hydrogens (primary N) is 1. The van der Waals surface area contributed by atoms with Gasteiger partial charge in [0.25, 0.3) is 0 Å². The van der Waals surface area contributed by atoms with Gasteiger partial charge in [-0.2, -0.15) is 0 Å². The van der Waals surface area contributed by atoms with Gasteiger partial charge in [-0.05, 0) is 44.4 Å². The van der Waals surface area contributed by atoms with Crippen LogP contribution in [-0.4, -0.2) is 24.3 Å². The summed E-state index contributed by atoms with van der Waals surface area (Å²) < 4.78 is 23.9. The highest BCUT2D eigenvalue weighted by Gasteiger charge is 2.45. The summed E-state index contributed by atoms with van der Waals surface area (Å²) in [4.78, 5) is 0.287. The van der Waals surface area contributed by atoms with Crippen LogP contribution < -0.4 is 5.73 Å². The molecule has 0 aliphatic heterocycles. The van der Waals surface area contributed by atoms with Gasteiger partial charge in [0.1, 0.15) is 0 Å². The molecule has 4 nitrogen and oxygen atoms in total. The third-order valence-electron chi connectivity index (χ3n) is 3.52. The minimum Gasteiger partial charge on any atom is -0.386 e. The van der Waals surface area contributed by atoms with E-state index in [9.17, 15) is 13.5 Å². The van der Waals surface area contributed by atoms with Crippen molar-refractivity contribution in [2.24, 2.45) is 5.73 Å². The van der Waals surface area contributed by atoms with Crippen LogP contribution in [0.2, 0.25) is 0 Å². The van der Waals surface area contributed by atoms with Crippen molar-refractivity contribution >= 4 is 9.84 Å². The highest BCUT2D eigenvalue weighted by Crippen LogP contribution is 2.43. The molecule has 0 saturated heterocycles. The van der Waals surface area contributed by atoms with Gasteiger partial charge in [0.2, 0.25) is 0 Å². The molecule has 1 aliphatic carbocycles. The van der Waals surface area contributed by atoms with Crippen LogP contribution in [0.1, 0.15) is 38.4 Å². The van der Waals surface area contributed by atoms with E-state index in [0.29, 0.717) is 5.56 Å². The van der Waals surface area contributed by atoms with Gasteiger partial charge in [-0.1, -0.05) is 12.1 Å². The van der Waals surface area contributed by atoms with Crippen molar-refractivity contribution in [3.05, 3.63) is 29.8 Å². The predicted octanol–water partition coefficient (Wildman–Crippen LogP) is 1.39. The van der Waals surface area contributed by atoms with Crippen LogP contribution in [0.15, 0.2) is 29.2 Å². The summed E-state index contributed by atoms with van der Waals surface area (Å²) in [5, 5.41) is 9.60. The maximum atomic E-state index is 11.9. The first-order chi connectivity index (χ1) is 8.27. The van der Waals surface area contributed by atoms with Gasteiger partial charge in [-0.3, -0.25) is 0 Å². The lowest BCUT2D eigenvalue weighted by atomic mass is 10.0. The molecule has 1 fully saturated rings. The van der Waals surface area contributed by atoms with E-state index in [1.54, 1.807) is 38.1 Å². The summed E-state index contributed by atoms with van der Waals surface area (Å²) >= 11 is 0. The molecule has 0 amide bonds. The third kappa shape index (κ3) is 2.30. The lowest BCUT2D eigenvalue weighted by Gasteiger charge is -2.18. The molecule has 2 rings (SSSR count). The SMILES string of the molecule is CC(C)S(=O)(=O)c1ccc(C(O)C2(N)CC2)cc1. The average molecular weight is 269 g/mol. The fourth-order valence-corrected chi connectivity index (χ4v) is 2.92. The Morgan fingerprint density at radius 3 is 2.11 bits per heavy atom. The summed E-state index contributed by atoms with van der Waals surface area (Å²) in [6, 6.07) is 6.37. The molecular formula is C13H19NO3S. The Bertz CT molecular complexity index is 530. The second kappa shape index (κ2) is 4.33. The van der Waals surface area contributed by atoms with E-state index in [0.717, 1.165) is 12.8 Å². The van der Waals surface area contributed by atoms with Crippen LogP contribution in [0.3, 0.4) is 0 Å². The molecular weight excluding hydrogens is 250 g/mol. The van der Waals surface area contributed by atoms with Crippen LogP contribution in [0.5, 0.6) is 0 Å². The van der Waals surface area contributed by atoms with Crippen molar-refractivity contribution in [1.29, 1.82) is 0 Å². The van der Waals surface area contributed by atoms with E-state index in [-0.39, 0.29) is 4.90 Å². The predicted molar refractivity (Wildman–Crippen MR) is 69.9 cm³/mol. The summed E-state index contributed by atoms with van der Waals surface area (Å²) in [6.07, 6.45) is 0.897. The topological polar surface area (TPSA) is 80.4 Å². The van der Waals surface area contributed by atoms with Crippen molar-refractivity contribution < 1.29 is 13.5 Å². The summed E-state index contributed by atoms with van der Waals surface area (Å²) in [7, 11) is -3.25. The quantitative estimate of drug-likeness (QED) is 0.865. The van der Waals surface area contributed by atoms with Crippen LogP contribution in [0, 0.1) is 0 Å². The molecule has 1 aromatic carbocycles. The summed E-state index contributed by atoms with van der Waals surface area (Å²) in [5.74, 6) is 0. The molecule has 1 atom stereocenters. The van der Waals surface area contributed by atoms with E-state index in [4.69, 9.17) is 5.73 Å². The van der Waals surface area contributed by atoms with Crippen molar-refractivity contribution in [2.45, 2.75) is 48.5 Å². The van der Waals surface area contributed by atoms with Gasteiger partial charge >= 0.3 is 0 Å². The molecule has 1 aromatic rings. The van der Waals surface area contributed by atoms with Crippen LogP contribution in [0.4, 0.5) is 0 Å². The van der Waals surface area contributed by atoms with E-state index < -0.39 is 26.7 Å². The second-order valence-corrected chi connectivity index (χ2v) is 7.80. The van der Waals surface area contributed by atoms with Gasteiger partial charge in [0.05, 0.1) is 16.2 Å². The minimum absolute atomic E-state index is 0.287. The Labute approximate surface area is 108 Å². The number of benzene rings is 1. The first kappa shape index (κ1) is 13.5. The van der Waals surface area contributed by atoms with Crippen molar-refractivity contribution in [2.75, 3.05) is 0 Å². The average Bonchev–Trinajstić information content (AvgIpc) is 3.07. The standard InChI is InChI=1S/C13H19NO3S/c1-9(2)18(16,17)11-5-3-10(4-6-11)12(15)13(14)7-8-13/h3-6,9,12,15H,7-8,14H2,1-2H3. The summed E-state index contributed by atoms with van der Waals surface area (Å²) in [5.41, 5.74) is 6.09. The second-order valence-electron chi connectivity index (χ2n) is 5.30. The first-order valence-corrected chi connectivity index (χ1v) is 7.63. The largest absolute Gasteiger partial charge is 0.386 e. The fraction of sp³-hybridized carbons (Fsp3) is 0.538. The van der Waals surface area contributed by atoms with Gasteiger partial charge < -0.3 is 10.8 Å². The molecule has 0 spiro atoms. The van der Waals surface area contributed by atoms with Crippen molar-refractivity contribution in [3.63, 3.8) is 0 Å². The number of hydrogen-bond donors (Lipinski definition) is 2. The summed E-state index contributed by atoms with van der Waals surface area (Å²) in [6.45, 7) is 3.30. The van der Waals surface area contributed by atoms with Crippen molar-refractivity contribution in [3.8, 4) is 0 Å². The smallest absolute Gasteiger partial charge is 0.180 e. The Hall–Kier alpha value is -0.910. The normalized spacial score (nSPS) is 19.8. The molecule has 0 aromatic heterocycles. The van der Waals surface area contributed by atoms with E-state index >= 15 is 0 Å². The van der Waals surface area contributed by atoms with E-state index in [1.165, 1.54) is 0 Å². The molecule has 1 aliphatic rings. The minimum atomic E-state index is -3.25. The number of hydrogen-bond acceptors (Lipinski definition) is 4. The van der Waals surface area contributed by atoms with Gasteiger partial charge in [0, 0.05) is 5.54 Å². The number of aliphatic hydroxyl groups is 1. The Morgan fingerprint density at radius 1 is 1.22 bits per heavy atom. The Morgan fingerprint density at radius 2 is 1.72 bits per heavy atom. The van der Waals surface area contributed by atoms with Crippen LogP contribution in [-0.2, 0) is 9.84 Å². The third-order valence-corrected chi connectivity index (χ3v) is 5.69. The zero-order valence-corrected chi connectivity index (χ0v) is 11.4. The Kier molecular flexibility index (Phi) is 3.25. The van der Waals surface area contributed by atoms with E-state index in [1.807, 2.05) is 0 Å². The molecule has 0 heterocycles. The van der Waals surface area contributed by atoms with Crippen LogP contribution in [0.25, 0.3) is 0 Å². The van der Waals surface area contributed by atoms with Crippen molar-refractivity contribution in [1.82, 2.24) is 0 Å². The molecule has 1 saturated carbocycles. The number of sulfone groups is 1. The molecule has 100 valence electrons. The molecule has 1 unspecified atom stereocenters.